The van der Waals surface area contributed by atoms with Crippen molar-refractivity contribution < 1.29 is 0 Å². The SMILES string of the molecule is C[C@@H]1CCC[C@H](C)N1c1nnc2ccccn12. The molecule has 0 N–H and O–H groups in total. The molecule has 0 bridgehead atoms. The lowest BCUT2D eigenvalue weighted by Gasteiger charge is -2.38. The molecule has 4 heteroatoms. The second-order valence-corrected chi connectivity index (χ2v) is 4.97. The molecule has 1 aliphatic heterocycles. The van der Waals surface area contributed by atoms with Gasteiger partial charge < -0.3 is 4.90 Å². The Morgan fingerprint density at radius 1 is 1.12 bits per heavy atom. The number of nitrogens with zero attached hydrogens (tertiary/aromatic N) is 4. The van der Waals surface area contributed by atoms with Crippen molar-refractivity contribution in [3.8, 4) is 0 Å². The Morgan fingerprint density at radius 2 is 1.88 bits per heavy atom. The number of pyridine rings is 1. The predicted molar refractivity (Wildman–Crippen MR) is 68.2 cm³/mol. The van der Waals surface area contributed by atoms with E-state index in [1.54, 1.807) is 0 Å². The zero-order chi connectivity index (χ0) is 11.8. The van der Waals surface area contributed by atoms with Crippen LogP contribution in [0, 0.1) is 0 Å². The van der Waals surface area contributed by atoms with Gasteiger partial charge in [-0.05, 0) is 45.2 Å². The highest BCUT2D eigenvalue weighted by molar-refractivity contribution is 5.47. The lowest BCUT2D eigenvalue weighted by molar-refractivity contribution is 0.406. The third-order valence-electron chi connectivity index (χ3n) is 3.72. The van der Waals surface area contributed by atoms with Gasteiger partial charge in [-0.3, -0.25) is 4.40 Å². The average Bonchev–Trinajstić information content (AvgIpc) is 2.73. The minimum Gasteiger partial charge on any atom is -0.335 e. The van der Waals surface area contributed by atoms with Crippen LogP contribution in [0.4, 0.5) is 5.95 Å². The lowest BCUT2D eigenvalue weighted by Crippen LogP contribution is -2.44. The highest BCUT2D eigenvalue weighted by atomic mass is 15.4. The molecule has 0 spiro atoms. The first-order valence-electron chi connectivity index (χ1n) is 6.35. The smallest absolute Gasteiger partial charge is 0.232 e. The fraction of sp³-hybridized carbons (Fsp3) is 0.538. The van der Waals surface area contributed by atoms with Gasteiger partial charge in [-0.1, -0.05) is 6.07 Å². The van der Waals surface area contributed by atoms with Gasteiger partial charge in [0.25, 0.3) is 0 Å². The van der Waals surface area contributed by atoms with Crippen LogP contribution in [0.5, 0.6) is 0 Å². The maximum absolute atomic E-state index is 4.36. The largest absolute Gasteiger partial charge is 0.335 e. The van der Waals surface area contributed by atoms with Crippen molar-refractivity contribution in [3.63, 3.8) is 0 Å². The molecule has 0 unspecified atom stereocenters. The molecule has 17 heavy (non-hydrogen) atoms. The van der Waals surface area contributed by atoms with E-state index in [0.717, 1.165) is 11.6 Å². The second-order valence-electron chi connectivity index (χ2n) is 4.97. The van der Waals surface area contributed by atoms with Crippen LogP contribution in [0.2, 0.25) is 0 Å². The summed E-state index contributed by atoms with van der Waals surface area (Å²) in [6.45, 7) is 4.55. The van der Waals surface area contributed by atoms with Crippen molar-refractivity contribution in [1.29, 1.82) is 0 Å². The molecular formula is C13H18N4. The van der Waals surface area contributed by atoms with E-state index in [-0.39, 0.29) is 0 Å². The van der Waals surface area contributed by atoms with E-state index in [4.69, 9.17) is 0 Å². The summed E-state index contributed by atoms with van der Waals surface area (Å²) in [6.07, 6.45) is 5.84. The average molecular weight is 230 g/mol. The van der Waals surface area contributed by atoms with Crippen molar-refractivity contribution in [1.82, 2.24) is 14.6 Å². The number of anilines is 1. The van der Waals surface area contributed by atoms with E-state index in [0.29, 0.717) is 12.1 Å². The lowest BCUT2D eigenvalue weighted by atomic mass is 9.98. The minimum absolute atomic E-state index is 0.548. The van der Waals surface area contributed by atoms with Crippen LogP contribution in [-0.4, -0.2) is 26.7 Å². The number of piperidine rings is 1. The van der Waals surface area contributed by atoms with E-state index in [9.17, 15) is 0 Å². The maximum Gasteiger partial charge on any atom is 0.232 e. The van der Waals surface area contributed by atoms with Crippen molar-refractivity contribution in [2.45, 2.75) is 45.2 Å². The molecule has 4 nitrogen and oxygen atoms in total. The highest BCUT2D eigenvalue weighted by Gasteiger charge is 2.28. The molecule has 2 atom stereocenters. The van der Waals surface area contributed by atoms with Gasteiger partial charge in [0.15, 0.2) is 5.65 Å². The van der Waals surface area contributed by atoms with E-state index < -0.39 is 0 Å². The number of aromatic nitrogens is 3. The van der Waals surface area contributed by atoms with Crippen molar-refractivity contribution >= 4 is 11.6 Å². The van der Waals surface area contributed by atoms with E-state index in [1.807, 2.05) is 24.4 Å². The molecule has 0 amide bonds. The Bertz CT molecular complexity index is 509. The Hall–Kier alpha value is -1.58. The Balaban J connectivity index is 2.07. The van der Waals surface area contributed by atoms with Gasteiger partial charge in [-0.15, -0.1) is 10.2 Å². The summed E-state index contributed by atoms with van der Waals surface area (Å²) >= 11 is 0. The highest BCUT2D eigenvalue weighted by Crippen LogP contribution is 2.27. The predicted octanol–water partition coefficient (Wildman–Crippen LogP) is 2.50. The van der Waals surface area contributed by atoms with Crippen LogP contribution in [-0.2, 0) is 0 Å². The summed E-state index contributed by atoms with van der Waals surface area (Å²) in [5.74, 6) is 0.986. The van der Waals surface area contributed by atoms with Gasteiger partial charge in [0.1, 0.15) is 0 Å². The van der Waals surface area contributed by atoms with E-state index >= 15 is 0 Å². The molecule has 90 valence electrons. The van der Waals surface area contributed by atoms with Gasteiger partial charge in [0, 0.05) is 18.3 Å². The number of hydrogen-bond donors (Lipinski definition) is 0. The Labute approximate surface area is 101 Å². The summed E-state index contributed by atoms with van der Waals surface area (Å²) in [4.78, 5) is 2.41. The zero-order valence-electron chi connectivity index (χ0n) is 10.4. The Kier molecular flexibility index (Phi) is 2.50. The molecule has 1 aliphatic rings. The summed E-state index contributed by atoms with van der Waals surface area (Å²) in [7, 11) is 0. The molecule has 0 aliphatic carbocycles. The first-order valence-corrected chi connectivity index (χ1v) is 6.35. The Morgan fingerprint density at radius 3 is 2.65 bits per heavy atom. The van der Waals surface area contributed by atoms with Crippen molar-refractivity contribution in [2.75, 3.05) is 4.90 Å². The van der Waals surface area contributed by atoms with Crippen LogP contribution < -0.4 is 4.90 Å². The minimum atomic E-state index is 0.548. The van der Waals surface area contributed by atoms with E-state index in [2.05, 4.69) is 33.3 Å². The molecule has 3 rings (SSSR count). The number of fused-ring (bicyclic) bond motifs is 1. The van der Waals surface area contributed by atoms with Gasteiger partial charge in [0.2, 0.25) is 5.95 Å². The third kappa shape index (κ3) is 1.68. The number of rotatable bonds is 1. The molecule has 0 radical (unpaired) electrons. The monoisotopic (exact) mass is 230 g/mol. The summed E-state index contributed by atoms with van der Waals surface area (Å²) in [5.41, 5.74) is 0.924. The third-order valence-corrected chi connectivity index (χ3v) is 3.72. The number of hydrogen-bond acceptors (Lipinski definition) is 3. The summed E-state index contributed by atoms with van der Waals surface area (Å²) in [6, 6.07) is 7.11. The molecule has 2 aromatic rings. The van der Waals surface area contributed by atoms with Gasteiger partial charge in [-0.2, -0.15) is 0 Å². The van der Waals surface area contributed by atoms with Crippen LogP contribution in [0.3, 0.4) is 0 Å². The topological polar surface area (TPSA) is 33.4 Å². The van der Waals surface area contributed by atoms with Crippen LogP contribution in [0.25, 0.3) is 5.65 Å². The maximum atomic E-state index is 4.36. The van der Waals surface area contributed by atoms with Crippen LogP contribution >= 0.6 is 0 Å². The molecule has 0 saturated carbocycles. The molecule has 0 aromatic carbocycles. The molecule has 1 fully saturated rings. The molecule has 3 heterocycles. The van der Waals surface area contributed by atoms with Crippen LogP contribution in [0.15, 0.2) is 24.4 Å². The van der Waals surface area contributed by atoms with Gasteiger partial charge >= 0.3 is 0 Å². The van der Waals surface area contributed by atoms with E-state index in [1.165, 1.54) is 19.3 Å². The zero-order valence-corrected chi connectivity index (χ0v) is 10.4. The van der Waals surface area contributed by atoms with Crippen molar-refractivity contribution in [2.24, 2.45) is 0 Å². The first-order chi connectivity index (χ1) is 8.27. The molecule has 1 saturated heterocycles. The quantitative estimate of drug-likeness (QED) is 0.754. The standard InChI is InChI=1S/C13H18N4/c1-10-6-5-7-11(2)17(10)13-15-14-12-8-3-4-9-16(12)13/h3-4,8-11H,5-7H2,1-2H3/t10-,11+. The second kappa shape index (κ2) is 4.02. The summed E-state index contributed by atoms with van der Waals surface area (Å²) in [5, 5.41) is 8.59. The fourth-order valence-electron chi connectivity index (χ4n) is 2.82. The summed E-state index contributed by atoms with van der Waals surface area (Å²) < 4.78 is 2.08. The molecule has 2 aromatic heterocycles. The van der Waals surface area contributed by atoms with Crippen molar-refractivity contribution in [3.05, 3.63) is 24.4 Å². The van der Waals surface area contributed by atoms with Crippen LogP contribution in [0.1, 0.15) is 33.1 Å². The normalized spacial score (nSPS) is 25.4. The van der Waals surface area contributed by atoms with Gasteiger partial charge in [-0.25, -0.2) is 0 Å². The first kappa shape index (κ1) is 10.6. The fourth-order valence-corrected chi connectivity index (χ4v) is 2.82. The van der Waals surface area contributed by atoms with Gasteiger partial charge in [0.05, 0.1) is 0 Å². The molecular weight excluding hydrogens is 212 g/mol.